The van der Waals surface area contributed by atoms with E-state index in [4.69, 9.17) is 0 Å². The van der Waals surface area contributed by atoms with Crippen molar-refractivity contribution in [3.05, 3.63) is 255 Å². The van der Waals surface area contributed by atoms with E-state index in [0.717, 1.165) is 29.9 Å². The summed E-state index contributed by atoms with van der Waals surface area (Å²) in [5, 5.41) is 10.1. The Labute approximate surface area is 403 Å². The Morgan fingerprint density at radius 3 is 1.74 bits per heavy atom. The van der Waals surface area contributed by atoms with Gasteiger partial charge in [0.2, 0.25) is 0 Å². The topological polar surface area (TPSA) is 8.17 Å². The SMILES string of the molecule is C1=CC(n2c3cc4ccccc4cc3c3c(-c4cccc(N(c5ccc(-c6ccc7c(ccc8ccccc87)c6)cc5)c5ccc(-c6ccccc6-c6ccccc6)cc5)c4)cccc32)=CCCC1. The maximum Gasteiger partial charge on any atom is 0.0547 e. The highest BCUT2D eigenvalue weighted by molar-refractivity contribution is 6.19. The normalized spacial score (nSPS) is 12.8. The van der Waals surface area contributed by atoms with Crippen molar-refractivity contribution in [2.75, 3.05) is 4.90 Å². The van der Waals surface area contributed by atoms with Gasteiger partial charge in [-0.3, -0.25) is 0 Å². The molecular weight excluding hydrogens is 833 g/mol. The second-order valence-electron chi connectivity index (χ2n) is 18.3. The fourth-order valence-electron chi connectivity index (χ4n) is 10.8. The minimum Gasteiger partial charge on any atom is -0.310 e. The summed E-state index contributed by atoms with van der Waals surface area (Å²) in [5.74, 6) is 0. The molecule has 0 spiro atoms. The van der Waals surface area contributed by atoms with Crippen LogP contribution < -0.4 is 4.90 Å². The Bertz CT molecular complexity index is 3960. The van der Waals surface area contributed by atoms with Crippen LogP contribution in [0.1, 0.15) is 19.3 Å². The Morgan fingerprint density at radius 1 is 0.333 bits per heavy atom. The maximum absolute atomic E-state index is 2.50. The van der Waals surface area contributed by atoms with Gasteiger partial charge in [-0.1, -0.05) is 188 Å². The monoisotopic (exact) mass is 880 g/mol. The van der Waals surface area contributed by atoms with Crippen molar-refractivity contribution in [1.29, 1.82) is 0 Å². The number of aromatic nitrogens is 1. The van der Waals surface area contributed by atoms with Crippen molar-refractivity contribution in [1.82, 2.24) is 4.57 Å². The van der Waals surface area contributed by atoms with Gasteiger partial charge in [-0.25, -0.2) is 0 Å². The molecule has 0 amide bonds. The van der Waals surface area contributed by atoms with Crippen LogP contribution in [0, 0.1) is 0 Å². The fourth-order valence-corrected chi connectivity index (χ4v) is 10.8. The fraction of sp³-hybridized carbons (Fsp3) is 0.0448. The highest BCUT2D eigenvalue weighted by atomic mass is 15.1. The first kappa shape index (κ1) is 40.5. The summed E-state index contributed by atoms with van der Waals surface area (Å²) in [6.45, 7) is 0. The van der Waals surface area contributed by atoms with E-state index in [2.05, 4.69) is 264 Å². The van der Waals surface area contributed by atoms with Gasteiger partial charge < -0.3 is 9.47 Å². The Morgan fingerprint density at radius 2 is 0.942 bits per heavy atom. The van der Waals surface area contributed by atoms with E-state index >= 15 is 0 Å². The number of rotatable bonds is 8. The molecule has 0 unspecified atom stereocenters. The Kier molecular flexibility index (Phi) is 10.1. The molecule has 1 aromatic heterocycles. The van der Waals surface area contributed by atoms with Crippen molar-refractivity contribution in [3.63, 3.8) is 0 Å². The van der Waals surface area contributed by atoms with Gasteiger partial charge in [-0.2, -0.15) is 0 Å². The van der Waals surface area contributed by atoms with Crippen molar-refractivity contribution < 1.29 is 0 Å². The molecule has 0 atom stereocenters. The van der Waals surface area contributed by atoms with E-state index in [-0.39, 0.29) is 0 Å². The number of anilines is 3. The number of benzene rings is 11. The number of hydrogen-bond donors (Lipinski definition) is 0. The second-order valence-corrected chi connectivity index (χ2v) is 18.3. The summed E-state index contributed by atoms with van der Waals surface area (Å²) in [6.07, 6.45) is 10.4. The molecule has 0 saturated carbocycles. The van der Waals surface area contributed by atoms with Crippen molar-refractivity contribution in [2.45, 2.75) is 19.3 Å². The van der Waals surface area contributed by atoms with Crippen LogP contribution in [0.2, 0.25) is 0 Å². The van der Waals surface area contributed by atoms with Gasteiger partial charge in [0.25, 0.3) is 0 Å². The third kappa shape index (κ3) is 7.30. The lowest BCUT2D eigenvalue weighted by atomic mass is 9.94. The van der Waals surface area contributed by atoms with Crippen LogP contribution in [0.25, 0.3) is 104 Å². The molecule has 1 heterocycles. The predicted octanol–water partition coefficient (Wildman–Crippen LogP) is 19.0. The molecule has 2 nitrogen and oxygen atoms in total. The zero-order chi connectivity index (χ0) is 45.7. The van der Waals surface area contributed by atoms with Gasteiger partial charge in [0.15, 0.2) is 0 Å². The van der Waals surface area contributed by atoms with Gasteiger partial charge in [-0.15, -0.1) is 0 Å². The summed E-state index contributed by atoms with van der Waals surface area (Å²) in [5.41, 5.74) is 16.6. The van der Waals surface area contributed by atoms with Gasteiger partial charge in [0.05, 0.1) is 11.0 Å². The van der Waals surface area contributed by atoms with Crippen LogP contribution >= 0.6 is 0 Å². The lowest BCUT2D eigenvalue weighted by Crippen LogP contribution is -2.10. The molecule has 11 aromatic carbocycles. The summed E-state index contributed by atoms with van der Waals surface area (Å²) >= 11 is 0. The molecule has 1 aliphatic carbocycles. The first-order valence-corrected chi connectivity index (χ1v) is 24.2. The van der Waals surface area contributed by atoms with Crippen LogP contribution in [-0.4, -0.2) is 4.57 Å². The molecule has 0 bridgehead atoms. The van der Waals surface area contributed by atoms with Crippen LogP contribution in [0.4, 0.5) is 17.1 Å². The minimum absolute atomic E-state index is 1.07. The third-order valence-electron chi connectivity index (χ3n) is 14.2. The largest absolute Gasteiger partial charge is 0.310 e. The number of hydrogen-bond acceptors (Lipinski definition) is 1. The summed E-state index contributed by atoms with van der Waals surface area (Å²) in [6, 6.07) is 87.1. The van der Waals surface area contributed by atoms with Gasteiger partial charge in [-0.05, 0) is 163 Å². The number of fused-ring (bicyclic) bond motifs is 7. The molecule has 0 radical (unpaired) electrons. The van der Waals surface area contributed by atoms with E-state index in [0.29, 0.717) is 0 Å². The maximum atomic E-state index is 2.50. The summed E-state index contributed by atoms with van der Waals surface area (Å²) in [7, 11) is 0. The van der Waals surface area contributed by atoms with Crippen LogP contribution in [0.5, 0.6) is 0 Å². The van der Waals surface area contributed by atoms with Crippen molar-refractivity contribution in [2.24, 2.45) is 0 Å². The predicted molar refractivity (Wildman–Crippen MR) is 296 cm³/mol. The number of nitrogens with zero attached hydrogens (tertiary/aromatic N) is 2. The van der Waals surface area contributed by atoms with Crippen molar-refractivity contribution >= 4 is 76.9 Å². The zero-order valence-corrected chi connectivity index (χ0v) is 38.3. The first-order chi connectivity index (χ1) is 34.2. The van der Waals surface area contributed by atoms with Gasteiger partial charge >= 0.3 is 0 Å². The zero-order valence-electron chi connectivity index (χ0n) is 38.3. The Hall–Kier alpha value is -8.72. The van der Waals surface area contributed by atoms with E-state index in [9.17, 15) is 0 Å². The quantitative estimate of drug-likeness (QED) is 0.138. The Balaban J connectivity index is 0.950. The summed E-state index contributed by atoms with van der Waals surface area (Å²) < 4.78 is 2.50. The molecule has 326 valence electrons. The molecule has 0 N–H and O–H groups in total. The molecule has 2 heteroatoms. The lowest BCUT2D eigenvalue weighted by molar-refractivity contribution is 0.875. The van der Waals surface area contributed by atoms with E-state index in [1.54, 1.807) is 0 Å². The molecular formula is C67H48N2. The van der Waals surface area contributed by atoms with Gasteiger partial charge in [0, 0.05) is 33.5 Å². The standard InChI is InChI=1S/C67H48N2/c1-2-7-23-55(22-6-1)69-65-29-15-28-63(67(65)64-44-50-19-8-9-20-51(50)45-66(64)69)53-21-14-24-58(43-53)68(57-39-34-49(35-40-57)61-27-13-12-26-59(61)47-16-4-3-5-17-47)56-37-32-46(33-38-56)52-36-41-62-54(42-52)31-30-48-18-10-11-25-60(48)62/h3-6,8-45H,1-2,7H2. The average molecular weight is 881 g/mol. The smallest absolute Gasteiger partial charge is 0.0547 e. The van der Waals surface area contributed by atoms with E-state index in [1.807, 2.05) is 0 Å². The second kappa shape index (κ2) is 17.2. The molecule has 69 heavy (non-hydrogen) atoms. The highest BCUT2D eigenvalue weighted by Gasteiger charge is 2.20. The molecule has 0 aliphatic heterocycles. The van der Waals surface area contributed by atoms with Crippen LogP contribution in [0.3, 0.4) is 0 Å². The van der Waals surface area contributed by atoms with E-state index in [1.165, 1.54) is 111 Å². The molecule has 0 fully saturated rings. The van der Waals surface area contributed by atoms with E-state index < -0.39 is 0 Å². The van der Waals surface area contributed by atoms with Crippen LogP contribution in [0.15, 0.2) is 255 Å². The molecule has 1 aliphatic rings. The lowest BCUT2D eigenvalue weighted by Gasteiger charge is -2.26. The first-order valence-electron chi connectivity index (χ1n) is 24.2. The minimum atomic E-state index is 1.07. The number of allylic oxidation sites excluding steroid dienone is 4. The molecule has 13 rings (SSSR count). The molecule has 12 aromatic rings. The summed E-state index contributed by atoms with van der Waals surface area (Å²) in [4.78, 5) is 2.41. The average Bonchev–Trinajstić information content (AvgIpc) is 3.52. The van der Waals surface area contributed by atoms with Gasteiger partial charge in [0.1, 0.15) is 0 Å². The molecule has 0 saturated heterocycles. The third-order valence-corrected chi connectivity index (χ3v) is 14.2. The van der Waals surface area contributed by atoms with Crippen molar-refractivity contribution in [3.8, 4) is 44.5 Å². The van der Waals surface area contributed by atoms with Crippen LogP contribution in [-0.2, 0) is 0 Å². The highest BCUT2D eigenvalue weighted by Crippen LogP contribution is 2.44.